The highest BCUT2D eigenvalue weighted by Gasteiger charge is 2.26. The molecule has 4 heterocycles. The number of piperidine rings is 1. The largest absolute Gasteiger partial charge is 0.460 e. The van der Waals surface area contributed by atoms with Gasteiger partial charge in [-0.2, -0.15) is 5.10 Å². The molecule has 162 valence electrons. The van der Waals surface area contributed by atoms with Gasteiger partial charge in [-0.3, -0.25) is 4.79 Å². The molecule has 0 spiro atoms. The fourth-order valence-electron chi connectivity index (χ4n) is 3.99. The Balaban J connectivity index is 1.40. The summed E-state index contributed by atoms with van der Waals surface area (Å²) in [5, 5.41) is 7.86. The van der Waals surface area contributed by atoms with Crippen LogP contribution in [-0.2, 0) is 0 Å². The van der Waals surface area contributed by atoms with E-state index in [4.69, 9.17) is 4.42 Å². The first-order valence-corrected chi connectivity index (χ1v) is 10.7. The Morgan fingerprint density at radius 1 is 1.09 bits per heavy atom. The summed E-state index contributed by atoms with van der Waals surface area (Å²) >= 11 is 0. The van der Waals surface area contributed by atoms with Crippen molar-refractivity contribution in [2.75, 3.05) is 18.0 Å². The third kappa shape index (κ3) is 4.12. The molecule has 0 saturated carbocycles. The monoisotopic (exact) mass is 428 g/mol. The maximum atomic E-state index is 13.3. The van der Waals surface area contributed by atoms with E-state index < -0.39 is 0 Å². The number of hydrogen-bond acceptors (Lipinski definition) is 6. The topological polar surface area (TPSA) is 89.1 Å². The maximum Gasteiger partial charge on any atom is 0.255 e. The molecule has 0 radical (unpaired) electrons. The van der Waals surface area contributed by atoms with E-state index in [9.17, 15) is 4.79 Å². The molecule has 32 heavy (non-hydrogen) atoms. The molecular weight excluding hydrogens is 404 g/mol. The number of carbonyl (C=O) groups is 1. The minimum absolute atomic E-state index is 0.00804. The van der Waals surface area contributed by atoms with Gasteiger partial charge in [-0.05, 0) is 50.1 Å². The number of nitrogens with zero attached hydrogens (tertiary/aromatic N) is 5. The lowest BCUT2D eigenvalue weighted by Gasteiger charge is -2.33. The summed E-state index contributed by atoms with van der Waals surface area (Å²) in [4.78, 5) is 24.1. The highest BCUT2D eigenvalue weighted by Crippen LogP contribution is 2.26. The first kappa shape index (κ1) is 20.0. The number of amides is 1. The lowest BCUT2D eigenvalue weighted by atomic mass is 10.1. The predicted octanol–water partition coefficient (Wildman–Crippen LogP) is 3.63. The normalized spacial score (nSPS) is 16.2. The summed E-state index contributed by atoms with van der Waals surface area (Å²) in [6.07, 6.45) is 7.09. The molecule has 1 aliphatic rings. The smallest absolute Gasteiger partial charge is 0.255 e. The van der Waals surface area contributed by atoms with Crippen LogP contribution in [0.1, 0.15) is 29.0 Å². The first-order valence-electron chi connectivity index (χ1n) is 10.7. The summed E-state index contributed by atoms with van der Waals surface area (Å²) in [5.74, 6) is 1.86. The Kier molecular flexibility index (Phi) is 5.41. The van der Waals surface area contributed by atoms with E-state index in [0.717, 1.165) is 30.8 Å². The number of anilines is 1. The van der Waals surface area contributed by atoms with Gasteiger partial charge in [-0.25, -0.2) is 14.6 Å². The highest BCUT2D eigenvalue weighted by atomic mass is 16.3. The molecule has 1 atom stereocenters. The van der Waals surface area contributed by atoms with Crippen molar-refractivity contribution in [3.63, 3.8) is 0 Å². The second-order valence-electron chi connectivity index (χ2n) is 7.89. The van der Waals surface area contributed by atoms with Gasteiger partial charge in [-0.1, -0.05) is 18.2 Å². The van der Waals surface area contributed by atoms with Crippen molar-refractivity contribution in [1.82, 2.24) is 25.1 Å². The van der Waals surface area contributed by atoms with Crippen molar-refractivity contribution >= 4 is 11.9 Å². The molecule has 1 aromatic carbocycles. The van der Waals surface area contributed by atoms with E-state index in [-0.39, 0.29) is 11.9 Å². The number of aryl methyl sites for hydroxylation is 1. The first-order chi connectivity index (χ1) is 15.7. The number of para-hydroxylation sites is 1. The Morgan fingerprint density at radius 3 is 2.66 bits per heavy atom. The van der Waals surface area contributed by atoms with Crippen LogP contribution in [0.2, 0.25) is 0 Å². The number of benzene rings is 1. The minimum atomic E-state index is -0.169. The third-order valence-corrected chi connectivity index (χ3v) is 5.54. The van der Waals surface area contributed by atoms with Crippen molar-refractivity contribution < 1.29 is 9.21 Å². The van der Waals surface area contributed by atoms with Crippen LogP contribution in [0.15, 0.2) is 71.5 Å². The Labute approximate surface area is 185 Å². The standard InChI is InChI=1S/C24H24N6O2/c1-17-10-11-21(32-17)22-20(16-30(28-22)19-8-3-2-4-9-19)23(31)27-18-7-5-14-29(15-18)24-25-12-6-13-26-24/h2-4,6,8-13,16,18H,5,7,14-15H2,1H3,(H,27,31). The number of nitrogens with one attached hydrogen (secondary N) is 1. The predicted molar refractivity (Wildman–Crippen MR) is 121 cm³/mol. The average molecular weight is 428 g/mol. The van der Waals surface area contributed by atoms with Gasteiger partial charge in [0.25, 0.3) is 5.91 Å². The van der Waals surface area contributed by atoms with Gasteiger partial charge in [0.05, 0.1) is 11.3 Å². The number of aromatic nitrogens is 4. The molecule has 8 nitrogen and oxygen atoms in total. The summed E-state index contributed by atoms with van der Waals surface area (Å²) in [5.41, 5.74) is 1.89. The van der Waals surface area contributed by atoms with E-state index in [1.54, 1.807) is 29.3 Å². The van der Waals surface area contributed by atoms with Gasteiger partial charge >= 0.3 is 0 Å². The van der Waals surface area contributed by atoms with Crippen molar-refractivity contribution in [3.8, 4) is 17.1 Å². The molecule has 1 amide bonds. The van der Waals surface area contributed by atoms with Crippen LogP contribution in [0.3, 0.4) is 0 Å². The zero-order chi connectivity index (χ0) is 21.9. The lowest BCUT2D eigenvalue weighted by molar-refractivity contribution is 0.0933. The van der Waals surface area contributed by atoms with E-state index in [0.29, 0.717) is 29.5 Å². The SMILES string of the molecule is Cc1ccc(-c2nn(-c3ccccc3)cc2C(=O)NC2CCCN(c3ncccn3)C2)o1. The van der Waals surface area contributed by atoms with E-state index in [1.165, 1.54) is 0 Å². The fraction of sp³-hybridized carbons (Fsp3) is 0.250. The number of furan rings is 1. The Morgan fingerprint density at radius 2 is 1.91 bits per heavy atom. The van der Waals surface area contributed by atoms with Crippen LogP contribution in [0.25, 0.3) is 17.1 Å². The fourth-order valence-corrected chi connectivity index (χ4v) is 3.99. The summed E-state index contributed by atoms with van der Waals surface area (Å²) in [6.45, 7) is 3.41. The molecule has 0 bridgehead atoms. The van der Waals surface area contributed by atoms with Crippen LogP contribution in [0, 0.1) is 6.92 Å². The van der Waals surface area contributed by atoms with Crippen molar-refractivity contribution in [1.29, 1.82) is 0 Å². The quantitative estimate of drug-likeness (QED) is 0.522. The highest BCUT2D eigenvalue weighted by molar-refractivity contribution is 5.99. The minimum Gasteiger partial charge on any atom is -0.460 e. The molecular formula is C24H24N6O2. The molecule has 3 aromatic heterocycles. The molecule has 5 rings (SSSR count). The summed E-state index contributed by atoms with van der Waals surface area (Å²) < 4.78 is 7.51. The molecule has 4 aromatic rings. The second kappa shape index (κ2) is 8.66. The molecule has 1 N–H and O–H groups in total. The number of carbonyl (C=O) groups excluding carboxylic acids is 1. The van der Waals surface area contributed by atoms with Crippen LogP contribution in [-0.4, -0.2) is 44.8 Å². The van der Waals surface area contributed by atoms with Crippen molar-refractivity contribution in [3.05, 3.63) is 78.4 Å². The van der Waals surface area contributed by atoms with Gasteiger partial charge in [0, 0.05) is 37.7 Å². The number of hydrogen-bond donors (Lipinski definition) is 1. The second-order valence-corrected chi connectivity index (χ2v) is 7.89. The van der Waals surface area contributed by atoms with E-state index in [1.807, 2.05) is 49.4 Å². The molecule has 1 fully saturated rings. The zero-order valence-electron chi connectivity index (χ0n) is 17.8. The summed E-state index contributed by atoms with van der Waals surface area (Å²) in [6, 6.07) is 15.2. The zero-order valence-corrected chi connectivity index (χ0v) is 17.8. The Hall–Kier alpha value is -3.94. The van der Waals surface area contributed by atoms with Crippen LogP contribution in [0.4, 0.5) is 5.95 Å². The van der Waals surface area contributed by atoms with Crippen LogP contribution >= 0.6 is 0 Å². The molecule has 8 heteroatoms. The van der Waals surface area contributed by atoms with Gasteiger partial charge in [-0.15, -0.1) is 0 Å². The van der Waals surface area contributed by atoms with Gasteiger partial charge < -0.3 is 14.6 Å². The molecule has 0 aliphatic carbocycles. The molecule has 1 aliphatic heterocycles. The van der Waals surface area contributed by atoms with Crippen molar-refractivity contribution in [2.45, 2.75) is 25.8 Å². The van der Waals surface area contributed by atoms with E-state index in [2.05, 4.69) is 25.3 Å². The van der Waals surface area contributed by atoms with Crippen LogP contribution in [0.5, 0.6) is 0 Å². The van der Waals surface area contributed by atoms with Gasteiger partial charge in [0.1, 0.15) is 11.5 Å². The average Bonchev–Trinajstić information content (AvgIpc) is 3.47. The van der Waals surface area contributed by atoms with E-state index >= 15 is 0 Å². The molecule has 1 saturated heterocycles. The maximum absolute atomic E-state index is 13.3. The van der Waals surface area contributed by atoms with Gasteiger partial charge in [0.2, 0.25) is 5.95 Å². The van der Waals surface area contributed by atoms with Crippen molar-refractivity contribution in [2.24, 2.45) is 0 Å². The number of rotatable bonds is 5. The summed E-state index contributed by atoms with van der Waals surface area (Å²) in [7, 11) is 0. The van der Waals surface area contributed by atoms with Crippen LogP contribution < -0.4 is 10.2 Å². The third-order valence-electron chi connectivity index (χ3n) is 5.54. The lowest BCUT2D eigenvalue weighted by Crippen LogP contribution is -2.48. The molecule has 1 unspecified atom stereocenters. The Bertz CT molecular complexity index is 1200. The van der Waals surface area contributed by atoms with Gasteiger partial charge in [0.15, 0.2) is 5.76 Å².